The van der Waals surface area contributed by atoms with Gasteiger partial charge in [0.1, 0.15) is 0 Å². The van der Waals surface area contributed by atoms with Crippen molar-refractivity contribution in [3.8, 4) is 11.4 Å². The van der Waals surface area contributed by atoms with Crippen molar-refractivity contribution in [1.29, 1.82) is 0 Å². The van der Waals surface area contributed by atoms with Gasteiger partial charge in [-0.05, 0) is 17.9 Å². The van der Waals surface area contributed by atoms with Gasteiger partial charge in [0.15, 0.2) is 5.82 Å². The number of nitrogens with zero attached hydrogens (tertiary/aromatic N) is 3. The van der Waals surface area contributed by atoms with Crippen LogP contribution in [0.5, 0.6) is 0 Å². The van der Waals surface area contributed by atoms with Crippen LogP contribution in [0.4, 0.5) is 0 Å². The Morgan fingerprint density at radius 2 is 2.00 bits per heavy atom. The Hall–Kier alpha value is -1.74. The normalized spacial score (nSPS) is 15.3. The van der Waals surface area contributed by atoms with Crippen LogP contribution in [-0.2, 0) is 13.0 Å². The van der Waals surface area contributed by atoms with Crippen molar-refractivity contribution in [3.63, 3.8) is 0 Å². The van der Waals surface area contributed by atoms with Gasteiger partial charge in [0.2, 0.25) is 0 Å². The Balaban J connectivity index is 1.85. The van der Waals surface area contributed by atoms with Gasteiger partial charge in [-0.3, -0.25) is 4.90 Å². The highest BCUT2D eigenvalue weighted by atomic mass is 15.1. The van der Waals surface area contributed by atoms with E-state index < -0.39 is 0 Å². The van der Waals surface area contributed by atoms with Gasteiger partial charge < -0.3 is 0 Å². The summed E-state index contributed by atoms with van der Waals surface area (Å²) in [5, 5.41) is 0. The van der Waals surface area contributed by atoms with Gasteiger partial charge in [0.05, 0.1) is 5.69 Å². The molecule has 1 aliphatic heterocycles. The highest BCUT2D eigenvalue weighted by Gasteiger charge is 2.19. The van der Waals surface area contributed by atoms with E-state index in [4.69, 9.17) is 4.98 Å². The van der Waals surface area contributed by atoms with Crippen molar-refractivity contribution < 1.29 is 0 Å². The van der Waals surface area contributed by atoms with Crippen molar-refractivity contribution in [2.45, 2.75) is 26.8 Å². The molecule has 104 valence electrons. The Bertz CT molecular complexity index is 578. The van der Waals surface area contributed by atoms with Crippen molar-refractivity contribution in [3.05, 3.63) is 47.8 Å². The Kier molecular flexibility index (Phi) is 3.79. The molecule has 0 aliphatic carbocycles. The van der Waals surface area contributed by atoms with E-state index in [1.807, 2.05) is 24.4 Å². The van der Waals surface area contributed by atoms with E-state index >= 15 is 0 Å². The molecule has 2 aromatic rings. The van der Waals surface area contributed by atoms with Gasteiger partial charge in [-0.2, -0.15) is 0 Å². The molecule has 0 spiro atoms. The number of hydrogen-bond donors (Lipinski definition) is 0. The summed E-state index contributed by atoms with van der Waals surface area (Å²) in [4.78, 5) is 11.8. The minimum atomic E-state index is 0.701. The molecule has 3 rings (SSSR count). The summed E-state index contributed by atoms with van der Waals surface area (Å²) in [7, 11) is 0. The minimum Gasteiger partial charge on any atom is -0.297 e. The van der Waals surface area contributed by atoms with Crippen LogP contribution in [0.3, 0.4) is 0 Å². The first-order chi connectivity index (χ1) is 9.72. The zero-order chi connectivity index (χ0) is 13.9. The lowest BCUT2D eigenvalue weighted by molar-refractivity contribution is 0.223. The van der Waals surface area contributed by atoms with E-state index in [1.165, 1.54) is 11.3 Å². The third-order valence-corrected chi connectivity index (χ3v) is 3.68. The molecule has 0 atom stereocenters. The lowest BCUT2D eigenvalue weighted by atomic mass is 10.0. The summed E-state index contributed by atoms with van der Waals surface area (Å²) in [5.41, 5.74) is 3.60. The number of benzene rings is 1. The molecule has 0 saturated carbocycles. The van der Waals surface area contributed by atoms with Crippen molar-refractivity contribution >= 4 is 0 Å². The summed E-state index contributed by atoms with van der Waals surface area (Å²) < 4.78 is 0. The second kappa shape index (κ2) is 5.71. The summed E-state index contributed by atoms with van der Waals surface area (Å²) in [6.45, 7) is 7.76. The summed E-state index contributed by atoms with van der Waals surface area (Å²) in [6.07, 6.45) is 3.08. The SMILES string of the molecule is CC(C)CN1CCc2cnc(-c3ccccc3)nc2C1. The first-order valence-corrected chi connectivity index (χ1v) is 7.35. The topological polar surface area (TPSA) is 29.0 Å². The predicted molar refractivity (Wildman–Crippen MR) is 81.3 cm³/mol. The molecule has 0 unspecified atom stereocenters. The average molecular weight is 267 g/mol. The van der Waals surface area contributed by atoms with E-state index in [0.29, 0.717) is 5.92 Å². The smallest absolute Gasteiger partial charge is 0.159 e. The van der Waals surface area contributed by atoms with Gasteiger partial charge in [0.25, 0.3) is 0 Å². The highest BCUT2D eigenvalue weighted by molar-refractivity contribution is 5.54. The highest BCUT2D eigenvalue weighted by Crippen LogP contribution is 2.21. The van der Waals surface area contributed by atoms with Crippen LogP contribution in [-0.4, -0.2) is 28.0 Å². The second-order valence-corrected chi connectivity index (χ2v) is 5.91. The quantitative estimate of drug-likeness (QED) is 0.855. The van der Waals surface area contributed by atoms with E-state index in [-0.39, 0.29) is 0 Å². The average Bonchev–Trinajstić information content (AvgIpc) is 2.47. The van der Waals surface area contributed by atoms with E-state index in [0.717, 1.165) is 37.4 Å². The molecule has 2 heterocycles. The molecular formula is C17H21N3. The largest absolute Gasteiger partial charge is 0.297 e. The standard InChI is InChI=1S/C17H21N3/c1-13(2)11-20-9-8-15-10-18-17(19-16(15)12-20)14-6-4-3-5-7-14/h3-7,10,13H,8-9,11-12H2,1-2H3. The maximum atomic E-state index is 4.79. The minimum absolute atomic E-state index is 0.701. The van der Waals surface area contributed by atoms with Crippen LogP contribution in [0.15, 0.2) is 36.5 Å². The Morgan fingerprint density at radius 1 is 1.20 bits per heavy atom. The molecule has 1 aromatic heterocycles. The molecule has 3 heteroatoms. The maximum absolute atomic E-state index is 4.79. The summed E-state index contributed by atoms with van der Waals surface area (Å²) in [6, 6.07) is 10.2. The number of aromatic nitrogens is 2. The Morgan fingerprint density at radius 3 is 2.75 bits per heavy atom. The zero-order valence-corrected chi connectivity index (χ0v) is 12.2. The van der Waals surface area contributed by atoms with Crippen LogP contribution in [0.25, 0.3) is 11.4 Å². The van der Waals surface area contributed by atoms with Gasteiger partial charge in [-0.1, -0.05) is 44.2 Å². The van der Waals surface area contributed by atoms with E-state index in [2.05, 4.69) is 35.9 Å². The first-order valence-electron chi connectivity index (χ1n) is 7.35. The fourth-order valence-electron chi connectivity index (χ4n) is 2.76. The van der Waals surface area contributed by atoms with Crippen molar-refractivity contribution in [2.24, 2.45) is 5.92 Å². The predicted octanol–water partition coefficient (Wildman–Crippen LogP) is 3.16. The molecule has 0 radical (unpaired) electrons. The lowest BCUT2D eigenvalue weighted by Gasteiger charge is -2.29. The van der Waals surface area contributed by atoms with E-state index in [9.17, 15) is 0 Å². The van der Waals surface area contributed by atoms with Crippen LogP contribution in [0, 0.1) is 5.92 Å². The van der Waals surface area contributed by atoms with Crippen molar-refractivity contribution in [2.75, 3.05) is 13.1 Å². The monoisotopic (exact) mass is 267 g/mol. The molecule has 0 fully saturated rings. The molecule has 20 heavy (non-hydrogen) atoms. The van der Waals surface area contributed by atoms with E-state index in [1.54, 1.807) is 0 Å². The summed E-state index contributed by atoms with van der Waals surface area (Å²) >= 11 is 0. The lowest BCUT2D eigenvalue weighted by Crippen LogP contribution is -2.34. The second-order valence-electron chi connectivity index (χ2n) is 5.91. The maximum Gasteiger partial charge on any atom is 0.159 e. The van der Waals surface area contributed by atoms with Gasteiger partial charge >= 0.3 is 0 Å². The third kappa shape index (κ3) is 2.88. The van der Waals surface area contributed by atoms with Gasteiger partial charge in [0, 0.05) is 31.4 Å². The Labute approximate surface area is 120 Å². The molecule has 1 aromatic carbocycles. The number of fused-ring (bicyclic) bond motifs is 1. The molecular weight excluding hydrogens is 246 g/mol. The molecule has 0 amide bonds. The first kappa shape index (κ1) is 13.3. The zero-order valence-electron chi connectivity index (χ0n) is 12.2. The number of rotatable bonds is 3. The van der Waals surface area contributed by atoms with Crippen molar-refractivity contribution in [1.82, 2.24) is 14.9 Å². The summed E-state index contributed by atoms with van der Waals surface area (Å²) in [5.74, 6) is 1.54. The molecule has 1 aliphatic rings. The van der Waals surface area contributed by atoms with Crippen LogP contribution < -0.4 is 0 Å². The van der Waals surface area contributed by atoms with Crippen LogP contribution in [0.1, 0.15) is 25.1 Å². The molecule has 0 saturated heterocycles. The van der Waals surface area contributed by atoms with Gasteiger partial charge in [-0.15, -0.1) is 0 Å². The van der Waals surface area contributed by atoms with Crippen LogP contribution in [0.2, 0.25) is 0 Å². The van der Waals surface area contributed by atoms with Gasteiger partial charge in [-0.25, -0.2) is 9.97 Å². The third-order valence-electron chi connectivity index (χ3n) is 3.68. The molecule has 3 nitrogen and oxygen atoms in total. The fraction of sp³-hybridized carbons (Fsp3) is 0.412. The number of hydrogen-bond acceptors (Lipinski definition) is 3. The molecule has 0 N–H and O–H groups in total. The van der Waals surface area contributed by atoms with Crippen LogP contribution >= 0.6 is 0 Å². The fourth-order valence-corrected chi connectivity index (χ4v) is 2.76. The molecule has 0 bridgehead atoms.